The highest BCUT2D eigenvalue weighted by Crippen LogP contribution is 2.37. The summed E-state index contributed by atoms with van der Waals surface area (Å²) in [5, 5.41) is 0. The van der Waals surface area contributed by atoms with Crippen LogP contribution in [0.1, 0.15) is 15.9 Å². The largest absolute Gasteiger partial charge is 0.454 e. The molecule has 0 aromatic heterocycles. The van der Waals surface area contributed by atoms with Gasteiger partial charge < -0.3 is 9.47 Å². The van der Waals surface area contributed by atoms with Crippen molar-refractivity contribution < 1.29 is 19.1 Å². The fourth-order valence-corrected chi connectivity index (χ4v) is 1.75. The molecule has 0 fully saturated rings. The third kappa shape index (κ3) is 0.824. The molecule has 1 aliphatic heterocycles. The quantitative estimate of drug-likeness (QED) is 0.566. The molecule has 0 saturated heterocycles. The molecule has 1 heterocycles. The van der Waals surface area contributed by atoms with Crippen molar-refractivity contribution in [3.8, 4) is 11.5 Å². The second-order valence-corrected chi connectivity index (χ2v) is 3.29. The minimum Gasteiger partial charge on any atom is -0.454 e. The van der Waals surface area contributed by atoms with E-state index in [0.29, 0.717) is 17.1 Å². The van der Waals surface area contributed by atoms with E-state index in [1.165, 1.54) is 0 Å². The molecular formula is C10H6O4. The molecule has 0 N–H and O–H groups in total. The fraction of sp³-hybridized carbons (Fsp3) is 0.200. The minimum atomic E-state index is -0.418. The van der Waals surface area contributed by atoms with Crippen LogP contribution < -0.4 is 9.47 Å². The molecule has 4 nitrogen and oxygen atoms in total. The van der Waals surface area contributed by atoms with Crippen LogP contribution in [0, 0.1) is 0 Å². The maximum Gasteiger partial charge on any atom is 0.231 e. The molecule has 1 aromatic carbocycles. The van der Waals surface area contributed by atoms with Gasteiger partial charge in [-0.05, 0) is 17.7 Å². The van der Waals surface area contributed by atoms with Crippen molar-refractivity contribution in [1.82, 2.24) is 0 Å². The second kappa shape index (κ2) is 2.35. The van der Waals surface area contributed by atoms with Gasteiger partial charge in [-0.2, -0.15) is 0 Å². The molecule has 1 aromatic rings. The summed E-state index contributed by atoms with van der Waals surface area (Å²) < 4.78 is 10.3. The van der Waals surface area contributed by atoms with Gasteiger partial charge in [0.05, 0.1) is 0 Å². The van der Waals surface area contributed by atoms with E-state index in [1.807, 2.05) is 0 Å². The lowest BCUT2D eigenvalue weighted by Crippen LogP contribution is -2.05. The molecule has 0 amide bonds. The SMILES string of the molecule is O=C1Cc2cc3c(cc2C1=O)OCO3. The van der Waals surface area contributed by atoms with Gasteiger partial charge in [0, 0.05) is 12.0 Å². The summed E-state index contributed by atoms with van der Waals surface area (Å²) in [4.78, 5) is 22.5. The topological polar surface area (TPSA) is 52.6 Å². The zero-order valence-corrected chi connectivity index (χ0v) is 7.20. The first-order chi connectivity index (χ1) is 6.75. The first-order valence-corrected chi connectivity index (χ1v) is 4.26. The Bertz CT molecular complexity index is 461. The Kier molecular flexibility index (Phi) is 1.27. The van der Waals surface area contributed by atoms with Gasteiger partial charge in [0.1, 0.15) is 0 Å². The standard InChI is InChI=1S/C10H6O4/c11-7-1-5-2-8-9(14-4-13-8)3-6(5)10(7)12/h2-3H,1,4H2. The van der Waals surface area contributed by atoms with Crippen molar-refractivity contribution in [1.29, 1.82) is 0 Å². The zero-order valence-electron chi connectivity index (χ0n) is 7.20. The second-order valence-electron chi connectivity index (χ2n) is 3.29. The number of rotatable bonds is 0. The highest BCUT2D eigenvalue weighted by molar-refractivity contribution is 6.47. The maximum absolute atomic E-state index is 11.4. The predicted molar refractivity (Wildman–Crippen MR) is 45.6 cm³/mol. The smallest absolute Gasteiger partial charge is 0.231 e. The number of hydrogen-bond donors (Lipinski definition) is 0. The monoisotopic (exact) mass is 190 g/mol. The van der Waals surface area contributed by atoms with Crippen LogP contribution in [0.5, 0.6) is 11.5 Å². The van der Waals surface area contributed by atoms with E-state index in [9.17, 15) is 9.59 Å². The normalized spacial score (nSPS) is 17.4. The van der Waals surface area contributed by atoms with Gasteiger partial charge in [-0.25, -0.2) is 0 Å². The van der Waals surface area contributed by atoms with Crippen molar-refractivity contribution in [2.75, 3.05) is 6.79 Å². The molecular weight excluding hydrogens is 184 g/mol. The summed E-state index contributed by atoms with van der Waals surface area (Å²) in [7, 11) is 0. The van der Waals surface area contributed by atoms with Gasteiger partial charge in [0.15, 0.2) is 11.5 Å². The van der Waals surface area contributed by atoms with Crippen LogP contribution in [0.3, 0.4) is 0 Å². The number of ketones is 2. The molecule has 3 rings (SSSR count). The Morgan fingerprint density at radius 3 is 2.57 bits per heavy atom. The van der Waals surface area contributed by atoms with Gasteiger partial charge in [0.2, 0.25) is 18.4 Å². The Labute approximate surface area is 79.4 Å². The number of Topliss-reactive ketones (excluding diaryl/α,β-unsaturated/α-hetero) is 2. The minimum absolute atomic E-state index is 0.181. The molecule has 70 valence electrons. The van der Waals surface area contributed by atoms with Crippen molar-refractivity contribution in [3.05, 3.63) is 23.3 Å². The number of hydrogen-bond acceptors (Lipinski definition) is 4. The van der Waals surface area contributed by atoms with Crippen molar-refractivity contribution in [2.24, 2.45) is 0 Å². The molecule has 0 spiro atoms. The van der Waals surface area contributed by atoms with Crippen molar-refractivity contribution in [2.45, 2.75) is 6.42 Å². The van der Waals surface area contributed by atoms with Gasteiger partial charge in [-0.1, -0.05) is 0 Å². The number of carbonyl (C=O) groups excluding carboxylic acids is 2. The van der Waals surface area contributed by atoms with Crippen molar-refractivity contribution >= 4 is 11.6 Å². The summed E-state index contributed by atoms with van der Waals surface area (Å²) >= 11 is 0. The number of fused-ring (bicyclic) bond motifs is 2. The van der Waals surface area contributed by atoms with Crippen LogP contribution in [-0.2, 0) is 11.2 Å². The molecule has 4 heteroatoms. The van der Waals surface area contributed by atoms with Crippen LogP contribution in [0.4, 0.5) is 0 Å². The molecule has 2 aliphatic rings. The van der Waals surface area contributed by atoms with Gasteiger partial charge in [-0.15, -0.1) is 0 Å². The summed E-state index contributed by atoms with van der Waals surface area (Å²) in [6.07, 6.45) is 0.185. The predicted octanol–water partition coefficient (Wildman–Crippen LogP) is 0.723. The van der Waals surface area contributed by atoms with E-state index < -0.39 is 5.78 Å². The lowest BCUT2D eigenvalue weighted by atomic mass is 10.1. The van der Waals surface area contributed by atoms with E-state index in [0.717, 1.165) is 5.56 Å². The third-order valence-corrected chi connectivity index (χ3v) is 2.45. The summed E-state index contributed by atoms with van der Waals surface area (Å²) in [6, 6.07) is 3.30. The molecule has 0 unspecified atom stereocenters. The van der Waals surface area contributed by atoms with Crippen LogP contribution in [-0.4, -0.2) is 18.4 Å². The van der Waals surface area contributed by atoms with Crippen molar-refractivity contribution in [3.63, 3.8) is 0 Å². The Hall–Kier alpha value is -1.84. The average Bonchev–Trinajstić information content (AvgIpc) is 2.70. The van der Waals surface area contributed by atoms with E-state index in [2.05, 4.69) is 0 Å². The summed E-state index contributed by atoms with van der Waals surface area (Å²) in [5.74, 6) is 0.389. The number of benzene rings is 1. The lowest BCUT2D eigenvalue weighted by Gasteiger charge is -1.98. The van der Waals surface area contributed by atoms with Gasteiger partial charge >= 0.3 is 0 Å². The Morgan fingerprint density at radius 1 is 1.07 bits per heavy atom. The summed E-state index contributed by atoms with van der Waals surface area (Å²) in [6.45, 7) is 0.181. The van der Waals surface area contributed by atoms with Crippen LogP contribution >= 0.6 is 0 Å². The molecule has 14 heavy (non-hydrogen) atoms. The van der Waals surface area contributed by atoms with Gasteiger partial charge in [-0.3, -0.25) is 9.59 Å². The zero-order chi connectivity index (χ0) is 9.71. The highest BCUT2D eigenvalue weighted by atomic mass is 16.7. The van der Waals surface area contributed by atoms with Gasteiger partial charge in [0.25, 0.3) is 0 Å². The molecule has 0 atom stereocenters. The number of carbonyl (C=O) groups is 2. The van der Waals surface area contributed by atoms with E-state index in [1.54, 1.807) is 12.1 Å². The Morgan fingerprint density at radius 2 is 1.79 bits per heavy atom. The van der Waals surface area contributed by atoms with E-state index in [4.69, 9.17) is 9.47 Å². The third-order valence-electron chi connectivity index (χ3n) is 2.45. The van der Waals surface area contributed by atoms with Crippen LogP contribution in [0.25, 0.3) is 0 Å². The molecule has 0 bridgehead atoms. The first-order valence-electron chi connectivity index (χ1n) is 4.26. The Balaban J connectivity index is 2.22. The average molecular weight is 190 g/mol. The fourth-order valence-electron chi connectivity index (χ4n) is 1.75. The summed E-state index contributed by atoms with van der Waals surface area (Å²) in [5.41, 5.74) is 1.20. The van der Waals surface area contributed by atoms with E-state index in [-0.39, 0.29) is 19.0 Å². The van der Waals surface area contributed by atoms with Crippen LogP contribution in [0.15, 0.2) is 12.1 Å². The highest BCUT2D eigenvalue weighted by Gasteiger charge is 2.31. The lowest BCUT2D eigenvalue weighted by molar-refractivity contribution is -0.114. The first kappa shape index (κ1) is 7.55. The number of ether oxygens (including phenoxy) is 2. The van der Waals surface area contributed by atoms with E-state index >= 15 is 0 Å². The molecule has 0 radical (unpaired) electrons. The maximum atomic E-state index is 11.4. The molecule has 1 aliphatic carbocycles. The van der Waals surface area contributed by atoms with Crippen LogP contribution in [0.2, 0.25) is 0 Å². The molecule has 0 saturated carbocycles.